The fourth-order valence-corrected chi connectivity index (χ4v) is 2.29. The van der Waals surface area contributed by atoms with Crippen molar-refractivity contribution in [3.8, 4) is 0 Å². The normalized spacial score (nSPS) is 11.3. The van der Waals surface area contributed by atoms with Crippen molar-refractivity contribution in [3.63, 3.8) is 0 Å². The predicted octanol–water partition coefficient (Wildman–Crippen LogP) is -3.23. The van der Waals surface area contributed by atoms with E-state index in [1.807, 2.05) is 14.1 Å². The molecule has 0 spiro atoms. The van der Waals surface area contributed by atoms with Gasteiger partial charge in [-0.05, 0) is 24.3 Å². The van der Waals surface area contributed by atoms with Gasteiger partial charge in [-0.2, -0.15) is 0 Å². The largest absolute Gasteiger partial charge is 1.00 e. The van der Waals surface area contributed by atoms with Crippen molar-refractivity contribution in [2.75, 3.05) is 27.2 Å². The van der Waals surface area contributed by atoms with Crippen molar-refractivity contribution in [3.05, 3.63) is 29.3 Å². The SMILES string of the molecule is C[NH+](C)CCNS(=O)(=O)c1ccc(Cl)cc1.[Cl-]. The van der Waals surface area contributed by atoms with Gasteiger partial charge < -0.3 is 17.3 Å². The minimum Gasteiger partial charge on any atom is -1.00 e. The van der Waals surface area contributed by atoms with Gasteiger partial charge in [0.05, 0.1) is 32.1 Å². The van der Waals surface area contributed by atoms with Crippen molar-refractivity contribution in [2.45, 2.75) is 4.90 Å². The molecule has 0 unspecified atom stereocenters. The molecule has 0 radical (unpaired) electrons. The maximum absolute atomic E-state index is 11.8. The maximum atomic E-state index is 11.8. The number of likely N-dealkylation sites (N-methyl/N-ethyl adjacent to an activating group) is 1. The quantitative estimate of drug-likeness (QED) is 0.601. The number of halogens is 2. The molecular formula is C10H16Cl2N2O2S. The van der Waals surface area contributed by atoms with Crippen LogP contribution in [0.4, 0.5) is 0 Å². The Bertz CT molecular complexity index is 432. The molecule has 0 aliphatic heterocycles. The van der Waals surface area contributed by atoms with Crippen LogP contribution < -0.4 is 22.0 Å². The predicted molar refractivity (Wildman–Crippen MR) is 64.3 cm³/mol. The van der Waals surface area contributed by atoms with Gasteiger partial charge in [-0.1, -0.05) is 11.6 Å². The summed E-state index contributed by atoms with van der Waals surface area (Å²) in [5.74, 6) is 0. The molecule has 98 valence electrons. The summed E-state index contributed by atoms with van der Waals surface area (Å²) in [6.45, 7) is 1.17. The number of rotatable bonds is 5. The van der Waals surface area contributed by atoms with E-state index < -0.39 is 10.0 Å². The lowest BCUT2D eigenvalue weighted by atomic mass is 10.4. The van der Waals surface area contributed by atoms with E-state index in [1.165, 1.54) is 17.0 Å². The Morgan fingerprint density at radius 2 is 1.76 bits per heavy atom. The molecule has 0 saturated heterocycles. The van der Waals surface area contributed by atoms with E-state index in [4.69, 9.17) is 11.6 Å². The lowest BCUT2D eigenvalue weighted by Gasteiger charge is -2.09. The average molecular weight is 299 g/mol. The molecule has 0 heterocycles. The van der Waals surface area contributed by atoms with Crippen molar-refractivity contribution in [2.24, 2.45) is 0 Å². The van der Waals surface area contributed by atoms with Gasteiger partial charge in [0.15, 0.2) is 0 Å². The first kappa shape index (κ1) is 16.7. The molecule has 0 aromatic heterocycles. The van der Waals surface area contributed by atoms with Crippen LogP contribution in [0.15, 0.2) is 29.2 Å². The summed E-state index contributed by atoms with van der Waals surface area (Å²) in [6.07, 6.45) is 0. The van der Waals surface area contributed by atoms with Crippen LogP contribution in [0, 0.1) is 0 Å². The summed E-state index contributed by atoms with van der Waals surface area (Å²) in [5, 5.41) is 0.525. The van der Waals surface area contributed by atoms with Crippen LogP contribution in [-0.4, -0.2) is 35.6 Å². The molecule has 4 nitrogen and oxygen atoms in total. The Balaban J connectivity index is 0.00000256. The first-order valence-corrected chi connectivity index (χ1v) is 6.82. The lowest BCUT2D eigenvalue weighted by Crippen LogP contribution is -3.06. The van der Waals surface area contributed by atoms with Crippen LogP contribution in [0.3, 0.4) is 0 Å². The standard InChI is InChI=1S/C10H15ClN2O2S.ClH/c1-13(2)8-7-12-16(14,15)10-5-3-9(11)4-6-10;/h3-6,12H,7-8H2,1-2H3;1H. The maximum Gasteiger partial charge on any atom is 0.240 e. The van der Waals surface area contributed by atoms with Gasteiger partial charge in [-0.25, -0.2) is 13.1 Å². The highest BCUT2D eigenvalue weighted by atomic mass is 35.5. The van der Waals surface area contributed by atoms with E-state index in [0.29, 0.717) is 11.6 Å². The molecule has 1 rings (SSSR count). The van der Waals surface area contributed by atoms with Crippen LogP contribution in [0.2, 0.25) is 5.02 Å². The van der Waals surface area contributed by atoms with Crippen LogP contribution in [0.5, 0.6) is 0 Å². The van der Waals surface area contributed by atoms with E-state index in [0.717, 1.165) is 6.54 Å². The van der Waals surface area contributed by atoms with Gasteiger partial charge in [-0.3, -0.25) is 0 Å². The first-order valence-electron chi connectivity index (χ1n) is 4.96. The van der Waals surface area contributed by atoms with Crippen molar-refractivity contribution in [1.82, 2.24) is 4.72 Å². The Hall–Kier alpha value is -0.330. The molecule has 17 heavy (non-hydrogen) atoms. The molecule has 1 aromatic carbocycles. The lowest BCUT2D eigenvalue weighted by molar-refractivity contribution is -0.856. The summed E-state index contributed by atoms with van der Waals surface area (Å²) in [6, 6.07) is 6.11. The zero-order valence-electron chi connectivity index (χ0n) is 9.70. The minimum absolute atomic E-state index is 0. The van der Waals surface area contributed by atoms with Crippen molar-refractivity contribution in [1.29, 1.82) is 0 Å². The molecule has 1 aromatic rings. The average Bonchev–Trinajstić information content (AvgIpc) is 2.17. The number of hydrogen-bond acceptors (Lipinski definition) is 2. The summed E-state index contributed by atoms with van der Waals surface area (Å²) < 4.78 is 26.1. The van der Waals surface area contributed by atoms with Crippen molar-refractivity contribution >= 4 is 21.6 Å². The fourth-order valence-electron chi connectivity index (χ4n) is 1.13. The van der Waals surface area contributed by atoms with E-state index >= 15 is 0 Å². The summed E-state index contributed by atoms with van der Waals surface area (Å²) in [5.41, 5.74) is 0. The number of hydrogen-bond donors (Lipinski definition) is 2. The second-order valence-corrected chi connectivity index (χ2v) is 6.01. The molecule has 0 fully saturated rings. The van der Waals surface area contributed by atoms with E-state index in [2.05, 4.69) is 4.72 Å². The smallest absolute Gasteiger partial charge is 0.240 e. The van der Waals surface area contributed by atoms with E-state index in [-0.39, 0.29) is 17.3 Å². The zero-order chi connectivity index (χ0) is 12.2. The third-order valence-corrected chi connectivity index (χ3v) is 3.77. The van der Waals surface area contributed by atoms with Gasteiger partial charge in [-0.15, -0.1) is 0 Å². The van der Waals surface area contributed by atoms with Crippen LogP contribution in [0.1, 0.15) is 0 Å². The molecule has 0 aliphatic carbocycles. The third-order valence-electron chi connectivity index (χ3n) is 2.04. The van der Waals surface area contributed by atoms with Gasteiger partial charge in [0.1, 0.15) is 0 Å². The Morgan fingerprint density at radius 3 is 2.24 bits per heavy atom. The van der Waals surface area contributed by atoms with Gasteiger partial charge in [0.25, 0.3) is 0 Å². The molecule has 0 bridgehead atoms. The first-order chi connectivity index (χ1) is 7.42. The highest BCUT2D eigenvalue weighted by Gasteiger charge is 2.13. The second-order valence-electron chi connectivity index (χ2n) is 3.81. The highest BCUT2D eigenvalue weighted by molar-refractivity contribution is 7.89. The topological polar surface area (TPSA) is 50.6 Å². The molecule has 0 aliphatic rings. The monoisotopic (exact) mass is 298 g/mol. The summed E-state index contributed by atoms with van der Waals surface area (Å²) in [7, 11) is 0.543. The number of benzene rings is 1. The third kappa shape index (κ3) is 5.70. The minimum atomic E-state index is -3.39. The van der Waals surface area contributed by atoms with E-state index in [1.54, 1.807) is 12.1 Å². The van der Waals surface area contributed by atoms with Crippen LogP contribution >= 0.6 is 11.6 Å². The van der Waals surface area contributed by atoms with Gasteiger partial charge in [0.2, 0.25) is 10.0 Å². The Labute approximate surface area is 113 Å². The number of nitrogens with one attached hydrogen (secondary N) is 2. The molecule has 7 heteroatoms. The number of quaternary nitrogens is 1. The van der Waals surface area contributed by atoms with Crippen molar-refractivity contribution < 1.29 is 25.7 Å². The highest BCUT2D eigenvalue weighted by Crippen LogP contribution is 2.13. The Morgan fingerprint density at radius 1 is 1.24 bits per heavy atom. The van der Waals surface area contributed by atoms with E-state index in [9.17, 15) is 8.42 Å². The Kier molecular flexibility index (Phi) is 7.04. The second kappa shape index (κ2) is 7.18. The summed E-state index contributed by atoms with van der Waals surface area (Å²) >= 11 is 5.69. The molecule has 2 N–H and O–H groups in total. The zero-order valence-corrected chi connectivity index (χ0v) is 12.0. The van der Waals surface area contributed by atoms with Gasteiger partial charge in [0, 0.05) is 5.02 Å². The number of sulfonamides is 1. The molecule has 0 atom stereocenters. The van der Waals surface area contributed by atoms with Crippen LogP contribution in [0.25, 0.3) is 0 Å². The summed E-state index contributed by atoms with van der Waals surface area (Å²) in [4.78, 5) is 1.43. The van der Waals surface area contributed by atoms with Crippen LogP contribution in [-0.2, 0) is 10.0 Å². The fraction of sp³-hybridized carbons (Fsp3) is 0.400. The molecule has 0 amide bonds. The molecule has 0 saturated carbocycles. The van der Waals surface area contributed by atoms with Gasteiger partial charge >= 0.3 is 0 Å². The molecular weight excluding hydrogens is 283 g/mol.